The Bertz CT molecular complexity index is 488. The number of benzene rings is 1. The Kier molecular flexibility index (Phi) is 2.04. The van der Waals surface area contributed by atoms with Crippen LogP contribution < -0.4 is 0 Å². The third kappa shape index (κ3) is 1.64. The van der Waals surface area contributed by atoms with Crippen molar-refractivity contribution in [3.63, 3.8) is 0 Å². The minimum Gasteiger partial charge on any atom is -0.508 e. The lowest BCUT2D eigenvalue weighted by atomic mass is 10.2. The van der Waals surface area contributed by atoms with Gasteiger partial charge in [-0.3, -0.25) is 0 Å². The average Bonchev–Trinajstić information content (AvgIpc) is 2.44. The summed E-state index contributed by atoms with van der Waals surface area (Å²) in [5.41, 5.74) is 1.99. The van der Waals surface area contributed by atoms with E-state index in [1.165, 1.54) is 5.57 Å². The highest BCUT2D eigenvalue weighted by Gasteiger charge is 2.01. The van der Waals surface area contributed by atoms with Gasteiger partial charge in [-0.15, -0.1) is 0 Å². The van der Waals surface area contributed by atoms with Crippen LogP contribution in [0.15, 0.2) is 34.3 Å². The van der Waals surface area contributed by atoms with Crippen molar-refractivity contribution in [3.05, 3.63) is 35.6 Å². The minimum absolute atomic E-state index is 0.266. The van der Waals surface area contributed by atoms with Crippen molar-refractivity contribution in [1.29, 1.82) is 0 Å². The van der Waals surface area contributed by atoms with Crippen molar-refractivity contribution >= 4 is 17.0 Å². The van der Waals surface area contributed by atoms with Gasteiger partial charge in [-0.25, -0.2) is 0 Å². The maximum Gasteiger partial charge on any atom is 0.135 e. The van der Waals surface area contributed by atoms with Crippen molar-refractivity contribution in [2.24, 2.45) is 0 Å². The summed E-state index contributed by atoms with van der Waals surface area (Å²) >= 11 is 0. The van der Waals surface area contributed by atoms with Crippen molar-refractivity contribution in [2.45, 2.75) is 13.8 Å². The second-order valence-corrected chi connectivity index (χ2v) is 3.59. The zero-order chi connectivity index (χ0) is 10.1. The lowest BCUT2D eigenvalue weighted by Crippen LogP contribution is -1.63. The lowest BCUT2D eigenvalue weighted by Gasteiger charge is -1.88. The van der Waals surface area contributed by atoms with Gasteiger partial charge in [0.25, 0.3) is 0 Å². The van der Waals surface area contributed by atoms with E-state index in [1.54, 1.807) is 18.2 Å². The van der Waals surface area contributed by atoms with Crippen LogP contribution in [0.4, 0.5) is 0 Å². The molecule has 0 saturated heterocycles. The minimum atomic E-state index is 0.266. The molecule has 0 atom stereocenters. The Labute approximate surface area is 82.5 Å². The zero-order valence-electron chi connectivity index (χ0n) is 8.24. The summed E-state index contributed by atoms with van der Waals surface area (Å²) in [4.78, 5) is 0. The molecular weight excluding hydrogens is 176 g/mol. The number of allylic oxidation sites excluding steroid dienone is 1. The molecule has 0 unspecified atom stereocenters. The molecule has 2 nitrogen and oxygen atoms in total. The molecule has 0 amide bonds. The van der Waals surface area contributed by atoms with Crippen LogP contribution in [-0.2, 0) is 0 Å². The van der Waals surface area contributed by atoms with Gasteiger partial charge in [-0.05, 0) is 44.2 Å². The third-order valence-electron chi connectivity index (χ3n) is 1.95. The van der Waals surface area contributed by atoms with Gasteiger partial charge < -0.3 is 9.52 Å². The van der Waals surface area contributed by atoms with E-state index in [4.69, 9.17) is 4.42 Å². The van der Waals surface area contributed by atoms with E-state index in [0.717, 1.165) is 16.7 Å². The Morgan fingerprint density at radius 1 is 1.29 bits per heavy atom. The lowest BCUT2D eigenvalue weighted by molar-refractivity contribution is 0.476. The molecule has 0 fully saturated rings. The van der Waals surface area contributed by atoms with Gasteiger partial charge in [0.15, 0.2) is 0 Å². The van der Waals surface area contributed by atoms with Crippen LogP contribution in [0.3, 0.4) is 0 Å². The molecule has 0 aliphatic heterocycles. The second-order valence-electron chi connectivity index (χ2n) is 3.59. The van der Waals surface area contributed by atoms with Crippen LogP contribution in [0.5, 0.6) is 5.75 Å². The SMILES string of the molecule is CC(C)=Cc1cc2cc(O)ccc2o1. The monoisotopic (exact) mass is 188 g/mol. The first-order chi connectivity index (χ1) is 6.65. The number of aromatic hydroxyl groups is 1. The summed E-state index contributed by atoms with van der Waals surface area (Å²) < 4.78 is 5.55. The van der Waals surface area contributed by atoms with E-state index >= 15 is 0 Å². The van der Waals surface area contributed by atoms with E-state index < -0.39 is 0 Å². The van der Waals surface area contributed by atoms with E-state index in [9.17, 15) is 5.11 Å². The number of rotatable bonds is 1. The quantitative estimate of drug-likeness (QED) is 0.742. The summed E-state index contributed by atoms with van der Waals surface area (Å²) in [5.74, 6) is 1.09. The number of furan rings is 1. The molecule has 1 heterocycles. The van der Waals surface area contributed by atoms with Gasteiger partial charge in [-0.2, -0.15) is 0 Å². The number of hydrogen-bond donors (Lipinski definition) is 1. The van der Waals surface area contributed by atoms with E-state index in [-0.39, 0.29) is 5.75 Å². The number of phenols is 1. The predicted molar refractivity (Wildman–Crippen MR) is 57.2 cm³/mol. The summed E-state index contributed by atoms with van der Waals surface area (Å²) in [7, 11) is 0. The fourth-order valence-corrected chi connectivity index (χ4v) is 1.41. The van der Waals surface area contributed by atoms with Gasteiger partial charge in [0, 0.05) is 5.39 Å². The first-order valence-electron chi connectivity index (χ1n) is 4.52. The van der Waals surface area contributed by atoms with Crippen LogP contribution in [0.25, 0.3) is 17.0 Å². The number of phenolic OH excluding ortho intramolecular Hbond substituents is 1. The normalized spacial score (nSPS) is 10.4. The van der Waals surface area contributed by atoms with Crippen molar-refractivity contribution < 1.29 is 9.52 Å². The summed E-state index contributed by atoms with van der Waals surface area (Å²) in [6, 6.07) is 7.01. The van der Waals surface area contributed by atoms with Crippen LogP contribution >= 0.6 is 0 Å². The second kappa shape index (κ2) is 3.22. The standard InChI is InChI=1S/C12H12O2/c1-8(2)5-11-7-9-6-10(13)3-4-12(9)14-11/h3-7,13H,1-2H3. The highest BCUT2D eigenvalue weighted by molar-refractivity contribution is 5.81. The van der Waals surface area contributed by atoms with Crippen LogP contribution in [0.1, 0.15) is 19.6 Å². The smallest absolute Gasteiger partial charge is 0.135 e. The number of fused-ring (bicyclic) bond motifs is 1. The molecule has 1 aromatic heterocycles. The van der Waals surface area contributed by atoms with Gasteiger partial charge >= 0.3 is 0 Å². The zero-order valence-corrected chi connectivity index (χ0v) is 8.24. The Balaban J connectivity index is 2.57. The molecule has 0 bridgehead atoms. The summed E-state index contributed by atoms with van der Waals surface area (Å²) in [6.07, 6.45) is 1.97. The van der Waals surface area contributed by atoms with Gasteiger partial charge in [0.1, 0.15) is 17.1 Å². The van der Waals surface area contributed by atoms with Gasteiger partial charge in [0.2, 0.25) is 0 Å². The highest BCUT2D eigenvalue weighted by atomic mass is 16.3. The molecule has 2 aromatic rings. The molecule has 1 N–H and O–H groups in total. The maximum atomic E-state index is 9.26. The molecular formula is C12H12O2. The van der Waals surface area contributed by atoms with Crippen LogP contribution in [-0.4, -0.2) is 5.11 Å². The van der Waals surface area contributed by atoms with Gasteiger partial charge in [0.05, 0.1) is 0 Å². The summed E-state index contributed by atoms with van der Waals surface area (Å²) in [5, 5.41) is 10.2. The first-order valence-corrected chi connectivity index (χ1v) is 4.52. The molecule has 0 aliphatic carbocycles. The van der Waals surface area contributed by atoms with E-state index in [2.05, 4.69) is 0 Å². The van der Waals surface area contributed by atoms with Crippen LogP contribution in [0, 0.1) is 0 Å². The molecule has 1 aromatic carbocycles. The first kappa shape index (κ1) is 8.88. The summed E-state index contributed by atoms with van der Waals surface area (Å²) in [6.45, 7) is 4.04. The average molecular weight is 188 g/mol. The van der Waals surface area contributed by atoms with Crippen LogP contribution in [0.2, 0.25) is 0 Å². The molecule has 2 rings (SSSR count). The fraction of sp³-hybridized carbons (Fsp3) is 0.167. The Hall–Kier alpha value is -1.70. The predicted octanol–water partition coefficient (Wildman–Crippen LogP) is 3.56. The number of hydrogen-bond acceptors (Lipinski definition) is 2. The Morgan fingerprint density at radius 3 is 2.79 bits per heavy atom. The fourth-order valence-electron chi connectivity index (χ4n) is 1.41. The third-order valence-corrected chi connectivity index (χ3v) is 1.95. The Morgan fingerprint density at radius 2 is 2.07 bits per heavy atom. The molecule has 0 spiro atoms. The largest absolute Gasteiger partial charge is 0.508 e. The van der Waals surface area contributed by atoms with E-state index in [1.807, 2.05) is 26.0 Å². The van der Waals surface area contributed by atoms with E-state index in [0.29, 0.717) is 0 Å². The van der Waals surface area contributed by atoms with Crippen molar-refractivity contribution in [1.82, 2.24) is 0 Å². The van der Waals surface area contributed by atoms with Gasteiger partial charge in [-0.1, -0.05) is 5.57 Å². The topological polar surface area (TPSA) is 33.4 Å². The molecule has 72 valence electrons. The maximum absolute atomic E-state index is 9.26. The van der Waals surface area contributed by atoms with Crippen molar-refractivity contribution in [3.8, 4) is 5.75 Å². The molecule has 14 heavy (non-hydrogen) atoms. The molecule has 2 heteroatoms. The molecule has 0 aliphatic rings. The molecule has 0 radical (unpaired) electrons. The molecule has 0 saturated carbocycles. The van der Waals surface area contributed by atoms with Crippen molar-refractivity contribution in [2.75, 3.05) is 0 Å². The highest BCUT2D eigenvalue weighted by Crippen LogP contribution is 2.24.